The summed E-state index contributed by atoms with van der Waals surface area (Å²) in [7, 11) is 0. The van der Waals surface area contributed by atoms with Crippen LogP contribution in [0.15, 0.2) is 29.6 Å². The largest absolute Gasteiger partial charge is 0.398 e. The van der Waals surface area contributed by atoms with Crippen LogP contribution >= 0.6 is 23.6 Å². The summed E-state index contributed by atoms with van der Waals surface area (Å²) in [6.45, 7) is 7.26. The van der Waals surface area contributed by atoms with Gasteiger partial charge in [0.05, 0.1) is 5.69 Å². The summed E-state index contributed by atoms with van der Waals surface area (Å²) in [5.74, 6) is 2.42. The maximum absolute atomic E-state index is 6.12. The molecule has 3 fully saturated rings. The molecule has 37 heavy (non-hydrogen) atoms. The van der Waals surface area contributed by atoms with Crippen molar-refractivity contribution < 1.29 is 0 Å². The van der Waals surface area contributed by atoms with E-state index >= 15 is 0 Å². The molecule has 0 aliphatic carbocycles. The number of hydrogen-bond donors (Lipinski definition) is 2. The molecule has 0 radical (unpaired) electrons. The Morgan fingerprint density at radius 2 is 1.30 bits per heavy atom. The fraction of sp³-hybridized carbons (Fsp3) is 0.480. The highest BCUT2D eigenvalue weighted by atomic mass is 32.1. The number of piperazine rings is 1. The summed E-state index contributed by atoms with van der Waals surface area (Å²) in [5, 5.41) is 6.78. The highest BCUT2D eigenvalue weighted by molar-refractivity contribution is 7.80. The van der Waals surface area contributed by atoms with E-state index in [-0.39, 0.29) is 0 Å². The second-order valence-corrected chi connectivity index (χ2v) is 10.9. The molecule has 194 valence electrons. The fourth-order valence-electron chi connectivity index (χ4n) is 5.07. The maximum atomic E-state index is 6.12. The highest BCUT2D eigenvalue weighted by Gasteiger charge is 2.26. The maximum Gasteiger partial charge on any atom is 0.232 e. The molecule has 0 amide bonds. The quantitative estimate of drug-likeness (QED) is 0.371. The molecule has 3 saturated heterocycles. The number of aromatic nitrogens is 4. The van der Waals surface area contributed by atoms with E-state index in [1.807, 2.05) is 29.6 Å². The molecule has 3 N–H and O–H groups in total. The molecule has 10 nitrogen and oxygen atoms in total. The van der Waals surface area contributed by atoms with Crippen molar-refractivity contribution >= 4 is 57.3 Å². The van der Waals surface area contributed by atoms with Gasteiger partial charge >= 0.3 is 0 Å². The average Bonchev–Trinajstić information content (AvgIpc) is 3.72. The van der Waals surface area contributed by atoms with E-state index in [9.17, 15) is 0 Å². The van der Waals surface area contributed by atoms with Crippen LogP contribution in [0.1, 0.15) is 25.7 Å². The van der Waals surface area contributed by atoms with E-state index in [0.717, 1.165) is 92.3 Å². The zero-order valence-corrected chi connectivity index (χ0v) is 22.5. The van der Waals surface area contributed by atoms with Crippen molar-refractivity contribution in [2.45, 2.75) is 25.7 Å². The van der Waals surface area contributed by atoms with Gasteiger partial charge in [-0.2, -0.15) is 15.0 Å². The number of rotatable bonds is 5. The number of nitrogens with one attached hydrogen (secondary N) is 1. The molecule has 3 aliphatic rings. The molecular formula is C25H32N10S2. The van der Waals surface area contributed by atoms with Crippen LogP contribution in [0, 0.1) is 0 Å². The van der Waals surface area contributed by atoms with Gasteiger partial charge in [-0.25, -0.2) is 4.98 Å². The molecule has 0 bridgehead atoms. The lowest BCUT2D eigenvalue weighted by atomic mass is 10.1. The Hall–Kier alpha value is -3.25. The number of para-hydroxylation sites is 1. The number of nitrogens with two attached hydrogens (primary N) is 1. The smallest absolute Gasteiger partial charge is 0.232 e. The number of nitrogens with zero attached hydrogens (tertiary/aromatic N) is 8. The van der Waals surface area contributed by atoms with Crippen molar-refractivity contribution in [2.75, 3.05) is 78.1 Å². The van der Waals surface area contributed by atoms with Crippen molar-refractivity contribution in [3.63, 3.8) is 0 Å². The minimum Gasteiger partial charge on any atom is -0.398 e. The van der Waals surface area contributed by atoms with Crippen molar-refractivity contribution in [2.24, 2.45) is 0 Å². The Morgan fingerprint density at radius 1 is 0.757 bits per heavy atom. The highest BCUT2D eigenvalue weighted by Crippen LogP contribution is 2.29. The summed E-state index contributed by atoms with van der Waals surface area (Å²) in [6, 6.07) is 7.77. The molecule has 0 saturated carbocycles. The van der Waals surface area contributed by atoms with Gasteiger partial charge in [-0.15, -0.1) is 11.3 Å². The van der Waals surface area contributed by atoms with Crippen LogP contribution in [0.2, 0.25) is 0 Å². The first-order chi connectivity index (χ1) is 18.1. The van der Waals surface area contributed by atoms with Crippen LogP contribution in [-0.4, -0.2) is 82.3 Å². The minimum absolute atomic E-state index is 0.688. The Labute approximate surface area is 226 Å². The van der Waals surface area contributed by atoms with E-state index in [1.54, 1.807) is 0 Å². The molecule has 6 rings (SSSR count). The Morgan fingerprint density at radius 3 is 1.86 bits per heavy atom. The predicted octanol–water partition coefficient (Wildman–Crippen LogP) is 3.30. The van der Waals surface area contributed by atoms with Gasteiger partial charge in [0.15, 0.2) is 10.2 Å². The molecule has 12 heteroatoms. The van der Waals surface area contributed by atoms with Gasteiger partial charge in [0.1, 0.15) is 0 Å². The summed E-state index contributed by atoms with van der Waals surface area (Å²) in [5.41, 5.74) is 8.63. The molecule has 0 unspecified atom stereocenters. The lowest BCUT2D eigenvalue weighted by molar-refractivity contribution is 0.388. The molecule has 0 atom stereocenters. The molecular weight excluding hydrogens is 504 g/mol. The number of thiocarbonyl (C=S) groups is 1. The monoisotopic (exact) mass is 536 g/mol. The topological polar surface area (TPSA) is 103 Å². The Bertz CT molecular complexity index is 1210. The normalized spacial score (nSPS) is 18.1. The lowest BCUT2D eigenvalue weighted by Gasteiger charge is -2.36. The van der Waals surface area contributed by atoms with Crippen molar-refractivity contribution in [3.05, 3.63) is 29.6 Å². The van der Waals surface area contributed by atoms with E-state index in [0.29, 0.717) is 5.11 Å². The predicted molar refractivity (Wildman–Crippen MR) is 155 cm³/mol. The van der Waals surface area contributed by atoms with Crippen molar-refractivity contribution in [3.8, 4) is 11.3 Å². The van der Waals surface area contributed by atoms with Gasteiger partial charge in [-0.05, 0) is 44.0 Å². The zero-order valence-electron chi connectivity index (χ0n) is 20.8. The number of hydrogen-bond acceptors (Lipinski definition) is 10. The fourth-order valence-corrected chi connectivity index (χ4v) is 6.12. The van der Waals surface area contributed by atoms with E-state index in [1.165, 1.54) is 37.0 Å². The van der Waals surface area contributed by atoms with Gasteiger partial charge in [-0.3, -0.25) is 0 Å². The van der Waals surface area contributed by atoms with E-state index in [4.69, 9.17) is 37.9 Å². The van der Waals surface area contributed by atoms with Crippen LogP contribution in [0.5, 0.6) is 0 Å². The summed E-state index contributed by atoms with van der Waals surface area (Å²) >= 11 is 7.26. The Kier molecular flexibility index (Phi) is 6.92. The second kappa shape index (κ2) is 10.6. The third-order valence-electron chi connectivity index (χ3n) is 7.18. The zero-order chi connectivity index (χ0) is 25.2. The average molecular weight is 537 g/mol. The van der Waals surface area contributed by atoms with Crippen LogP contribution in [0.3, 0.4) is 0 Å². The molecule has 2 aromatic heterocycles. The van der Waals surface area contributed by atoms with Crippen LogP contribution in [-0.2, 0) is 0 Å². The SMILES string of the molecule is Nc1ccccc1-c1csc(NC(=S)N2CCN(c3nc(N4CCCC4)nc(N4CCCC4)n3)CC2)n1. The van der Waals surface area contributed by atoms with Gasteiger partial charge in [0, 0.05) is 69.0 Å². The first-order valence-electron chi connectivity index (χ1n) is 13.0. The summed E-state index contributed by atoms with van der Waals surface area (Å²) < 4.78 is 0. The van der Waals surface area contributed by atoms with Gasteiger partial charge in [-0.1, -0.05) is 18.2 Å². The number of thiazole rings is 1. The van der Waals surface area contributed by atoms with Crippen molar-refractivity contribution in [1.82, 2.24) is 24.8 Å². The molecule has 5 heterocycles. The third-order valence-corrected chi connectivity index (χ3v) is 8.30. The summed E-state index contributed by atoms with van der Waals surface area (Å²) in [6.07, 6.45) is 4.79. The minimum atomic E-state index is 0.688. The van der Waals surface area contributed by atoms with Gasteiger partial charge in [0.2, 0.25) is 17.8 Å². The first kappa shape index (κ1) is 24.1. The summed E-state index contributed by atoms with van der Waals surface area (Å²) in [4.78, 5) is 28.4. The lowest BCUT2D eigenvalue weighted by Crippen LogP contribution is -2.50. The number of benzene rings is 1. The standard InChI is InChI=1S/C25H32N10S2/c26-19-8-2-1-7-18(19)20-17-37-24(27-20)31-25(36)35-15-13-34(14-16-35)23-29-21(32-9-3-4-10-32)28-22(30-23)33-11-5-6-12-33/h1-2,7-8,17H,3-6,9-16,26H2,(H,27,31,36). The third kappa shape index (κ3) is 5.26. The number of nitrogen functional groups attached to an aromatic ring is 1. The van der Waals surface area contributed by atoms with Gasteiger partial charge < -0.3 is 30.7 Å². The molecule has 3 aliphatic heterocycles. The van der Waals surface area contributed by atoms with Crippen LogP contribution in [0.4, 0.5) is 28.7 Å². The molecule has 3 aromatic rings. The van der Waals surface area contributed by atoms with E-state index < -0.39 is 0 Å². The van der Waals surface area contributed by atoms with Gasteiger partial charge in [0.25, 0.3) is 0 Å². The van der Waals surface area contributed by atoms with Crippen LogP contribution in [0.25, 0.3) is 11.3 Å². The second-order valence-electron chi connectivity index (χ2n) is 9.65. The molecule has 0 spiro atoms. The number of anilines is 5. The van der Waals surface area contributed by atoms with E-state index in [2.05, 4.69) is 24.9 Å². The Balaban J connectivity index is 1.11. The van der Waals surface area contributed by atoms with Crippen LogP contribution < -0.4 is 25.8 Å². The molecule has 1 aromatic carbocycles. The first-order valence-corrected chi connectivity index (χ1v) is 14.3. The van der Waals surface area contributed by atoms with Crippen molar-refractivity contribution in [1.29, 1.82) is 0 Å².